The number of rotatable bonds is 5. The van der Waals surface area contributed by atoms with Crippen LogP contribution in [0.5, 0.6) is 0 Å². The Labute approximate surface area is 146 Å². The summed E-state index contributed by atoms with van der Waals surface area (Å²) in [5.74, 6) is 1.85. The molecule has 0 spiro atoms. The fraction of sp³-hybridized carbons (Fsp3) is 0.706. The maximum absolute atomic E-state index is 5.33. The lowest BCUT2D eigenvalue weighted by Crippen LogP contribution is -2.34. The van der Waals surface area contributed by atoms with Crippen molar-refractivity contribution in [3.8, 4) is 0 Å². The Morgan fingerprint density at radius 2 is 2.17 bits per heavy atom. The average Bonchev–Trinajstić information content (AvgIpc) is 3.22. The summed E-state index contributed by atoms with van der Waals surface area (Å²) < 4.78 is 10.4. The Balaban J connectivity index is 1.40. The molecule has 130 valence electrons. The molecule has 0 N–H and O–H groups in total. The SMILES string of the molecule is COCc1noc(CN2CCCC(c3nc4c(s3)CCCC4)C2)n1. The molecule has 0 saturated carbocycles. The first-order chi connectivity index (χ1) is 11.8. The van der Waals surface area contributed by atoms with Crippen LogP contribution in [0, 0.1) is 0 Å². The van der Waals surface area contributed by atoms with E-state index in [4.69, 9.17) is 14.2 Å². The van der Waals surface area contributed by atoms with Crippen LogP contribution in [0.2, 0.25) is 0 Å². The summed E-state index contributed by atoms with van der Waals surface area (Å²) >= 11 is 1.96. The van der Waals surface area contributed by atoms with E-state index in [1.807, 2.05) is 11.3 Å². The summed E-state index contributed by atoms with van der Waals surface area (Å²) in [4.78, 5) is 13.3. The standard InChI is InChI=1S/C17H24N4O2S/c1-22-11-15-19-16(23-20-15)10-21-8-4-5-12(9-21)17-18-13-6-2-3-7-14(13)24-17/h12H,2-11H2,1H3. The van der Waals surface area contributed by atoms with Crippen LogP contribution >= 0.6 is 11.3 Å². The average molecular weight is 348 g/mol. The highest BCUT2D eigenvalue weighted by atomic mass is 32.1. The van der Waals surface area contributed by atoms with Gasteiger partial charge >= 0.3 is 0 Å². The van der Waals surface area contributed by atoms with Crippen molar-refractivity contribution in [1.29, 1.82) is 0 Å². The second-order valence-electron chi connectivity index (χ2n) is 6.74. The summed E-state index contributed by atoms with van der Waals surface area (Å²) in [5.41, 5.74) is 1.37. The Hall–Kier alpha value is -1.31. The van der Waals surface area contributed by atoms with E-state index in [9.17, 15) is 0 Å². The van der Waals surface area contributed by atoms with Gasteiger partial charge in [0.2, 0.25) is 5.89 Å². The van der Waals surface area contributed by atoms with E-state index < -0.39 is 0 Å². The molecule has 1 atom stereocenters. The predicted octanol–water partition coefficient (Wildman–Crippen LogP) is 2.93. The summed E-state index contributed by atoms with van der Waals surface area (Å²) in [7, 11) is 1.64. The second kappa shape index (κ2) is 7.29. The first kappa shape index (κ1) is 16.2. The maximum Gasteiger partial charge on any atom is 0.240 e. The first-order valence-corrected chi connectivity index (χ1v) is 9.64. The zero-order chi connectivity index (χ0) is 16.4. The highest BCUT2D eigenvalue weighted by molar-refractivity contribution is 7.11. The zero-order valence-electron chi connectivity index (χ0n) is 14.2. The van der Waals surface area contributed by atoms with Gasteiger partial charge in [-0.2, -0.15) is 4.98 Å². The molecule has 1 unspecified atom stereocenters. The summed E-state index contributed by atoms with van der Waals surface area (Å²) in [5, 5.41) is 5.29. The van der Waals surface area contributed by atoms with Gasteiger partial charge in [-0.3, -0.25) is 4.90 Å². The van der Waals surface area contributed by atoms with E-state index in [1.165, 1.54) is 54.1 Å². The predicted molar refractivity (Wildman–Crippen MR) is 91.0 cm³/mol. The highest BCUT2D eigenvalue weighted by Crippen LogP contribution is 2.34. The van der Waals surface area contributed by atoms with Crippen LogP contribution < -0.4 is 0 Å². The Bertz CT molecular complexity index is 660. The van der Waals surface area contributed by atoms with Crippen molar-refractivity contribution >= 4 is 11.3 Å². The fourth-order valence-corrected chi connectivity index (χ4v) is 4.96. The Morgan fingerprint density at radius 3 is 3.04 bits per heavy atom. The minimum atomic E-state index is 0.400. The van der Waals surface area contributed by atoms with Gasteiger partial charge in [-0.25, -0.2) is 4.98 Å². The molecule has 3 heterocycles. The number of likely N-dealkylation sites (tertiary alicyclic amines) is 1. The van der Waals surface area contributed by atoms with Crippen molar-refractivity contribution in [1.82, 2.24) is 20.0 Å². The molecule has 7 heteroatoms. The van der Waals surface area contributed by atoms with Gasteiger partial charge in [0.1, 0.15) is 6.61 Å². The molecule has 0 radical (unpaired) electrons. The molecular weight excluding hydrogens is 324 g/mol. The van der Waals surface area contributed by atoms with Gasteiger partial charge in [0.05, 0.1) is 17.2 Å². The molecule has 1 saturated heterocycles. The monoisotopic (exact) mass is 348 g/mol. The Kier molecular flexibility index (Phi) is 4.91. The zero-order valence-corrected chi connectivity index (χ0v) is 15.0. The van der Waals surface area contributed by atoms with Gasteiger partial charge in [-0.1, -0.05) is 5.16 Å². The molecule has 6 nitrogen and oxygen atoms in total. The second-order valence-corrected chi connectivity index (χ2v) is 7.86. The number of thiazole rings is 1. The molecule has 4 rings (SSSR count). The van der Waals surface area contributed by atoms with Gasteiger partial charge in [0.25, 0.3) is 0 Å². The van der Waals surface area contributed by atoms with E-state index >= 15 is 0 Å². The van der Waals surface area contributed by atoms with Crippen molar-refractivity contribution in [2.24, 2.45) is 0 Å². The molecule has 1 aliphatic carbocycles. The molecule has 2 aromatic heterocycles. The third-order valence-electron chi connectivity index (χ3n) is 4.86. The largest absolute Gasteiger partial charge is 0.377 e. The van der Waals surface area contributed by atoms with Crippen molar-refractivity contribution in [2.45, 2.75) is 57.6 Å². The van der Waals surface area contributed by atoms with Gasteiger partial charge in [0.15, 0.2) is 5.82 Å². The number of nitrogens with zero attached hydrogens (tertiary/aromatic N) is 4. The first-order valence-electron chi connectivity index (χ1n) is 8.83. The number of ether oxygens (including phenoxy) is 1. The number of aromatic nitrogens is 3. The van der Waals surface area contributed by atoms with Crippen LogP contribution in [-0.2, 0) is 30.7 Å². The quantitative estimate of drug-likeness (QED) is 0.828. The van der Waals surface area contributed by atoms with E-state index in [0.717, 1.165) is 19.6 Å². The number of fused-ring (bicyclic) bond motifs is 1. The van der Waals surface area contributed by atoms with Crippen molar-refractivity contribution < 1.29 is 9.26 Å². The van der Waals surface area contributed by atoms with Crippen molar-refractivity contribution in [2.75, 3.05) is 20.2 Å². The smallest absolute Gasteiger partial charge is 0.240 e. The van der Waals surface area contributed by atoms with Gasteiger partial charge in [0, 0.05) is 24.4 Å². The lowest BCUT2D eigenvalue weighted by Gasteiger charge is -2.30. The topological polar surface area (TPSA) is 64.3 Å². The van der Waals surface area contributed by atoms with Crippen LogP contribution in [0.3, 0.4) is 0 Å². The molecule has 1 aliphatic heterocycles. The van der Waals surface area contributed by atoms with Crippen LogP contribution in [-0.4, -0.2) is 40.2 Å². The van der Waals surface area contributed by atoms with Crippen molar-refractivity contribution in [3.63, 3.8) is 0 Å². The molecular formula is C17H24N4O2S. The van der Waals surface area contributed by atoms with Gasteiger partial charge < -0.3 is 9.26 Å². The molecule has 2 aromatic rings. The van der Waals surface area contributed by atoms with Crippen LogP contribution in [0.25, 0.3) is 0 Å². The molecule has 0 amide bonds. The van der Waals surface area contributed by atoms with E-state index in [-0.39, 0.29) is 0 Å². The van der Waals surface area contributed by atoms with Crippen LogP contribution in [0.15, 0.2) is 4.52 Å². The van der Waals surface area contributed by atoms with E-state index in [0.29, 0.717) is 24.2 Å². The molecule has 1 fully saturated rings. The number of aryl methyl sites for hydroxylation is 2. The Morgan fingerprint density at radius 1 is 1.25 bits per heavy atom. The third kappa shape index (κ3) is 3.53. The van der Waals surface area contributed by atoms with Crippen molar-refractivity contribution in [3.05, 3.63) is 27.3 Å². The lowest BCUT2D eigenvalue weighted by molar-refractivity contribution is 0.171. The van der Waals surface area contributed by atoms with Crippen LogP contribution in [0.4, 0.5) is 0 Å². The normalized spacial score (nSPS) is 21.8. The maximum atomic E-state index is 5.33. The molecule has 0 aromatic carbocycles. The number of hydrogen-bond acceptors (Lipinski definition) is 7. The number of methoxy groups -OCH3 is 1. The molecule has 24 heavy (non-hydrogen) atoms. The van der Waals surface area contributed by atoms with Gasteiger partial charge in [-0.05, 0) is 45.1 Å². The summed E-state index contributed by atoms with van der Waals surface area (Å²) in [6.07, 6.45) is 7.47. The number of hydrogen-bond donors (Lipinski definition) is 0. The van der Waals surface area contributed by atoms with Gasteiger partial charge in [-0.15, -0.1) is 11.3 Å². The number of piperidine rings is 1. The molecule has 0 bridgehead atoms. The highest BCUT2D eigenvalue weighted by Gasteiger charge is 2.27. The van der Waals surface area contributed by atoms with E-state index in [1.54, 1.807) is 7.11 Å². The third-order valence-corrected chi connectivity index (χ3v) is 6.18. The fourth-order valence-electron chi connectivity index (χ4n) is 3.68. The minimum absolute atomic E-state index is 0.400. The molecule has 2 aliphatic rings. The summed E-state index contributed by atoms with van der Waals surface area (Å²) in [6.45, 7) is 3.24. The van der Waals surface area contributed by atoms with E-state index in [2.05, 4.69) is 15.0 Å². The van der Waals surface area contributed by atoms with Crippen LogP contribution in [0.1, 0.15) is 58.9 Å². The minimum Gasteiger partial charge on any atom is -0.377 e. The summed E-state index contributed by atoms with van der Waals surface area (Å²) in [6, 6.07) is 0. The lowest BCUT2D eigenvalue weighted by atomic mass is 9.98.